The van der Waals surface area contributed by atoms with Crippen LogP contribution >= 0.6 is 7.60 Å². The molecule has 1 heterocycles. The second kappa shape index (κ2) is 10.2. The Kier molecular flexibility index (Phi) is 7.66. The second-order valence-electron chi connectivity index (χ2n) is 7.40. The monoisotopic (exact) mass is 439 g/mol. The molecule has 3 rings (SSSR count). The first kappa shape index (κ1) is 23.2. The van der Waals surface area contributed by atoms with E-state index >= 15 is 0 Å². The fraction of sp³-hybridized carbons (Fsp3) is 0.320. The van der Waals surface area contributed by atoms with Crippen molar-refractivity contribution >= 4 is 41.6 Å². The molecule has 2 aromatic carbocycles. The lowest BCUT2D eigenvalue weighted by Gasteiger charge is -2.17. The molecule has 0 N–H and O–H groups in total. The molecule has 0 fully saturated rings. The van der Waals surface area contributed by atoms with Crippen molar-refractivity contribution in [3.05, 3.63) is 65.9 Å². The van der Waals surface area contributed by atoms with Crippen LogP contribution in [0.3, 0.4) is 0 Å². The summed E-state index contributed by atoms with van der Waals surface area (Å²) in [5.74, 6) is 0. The number of rotatable bonds is 9. The van der Waals surface area contributed by atoms with E-state index in [2.05, 4.69) is 64.9 Å². The largest absolute Gasteiger partial charge is 0.378 e. The number of nitrogens with zero attached hydrogens (tertiary/aromatic N) is 2. The van der Waals surface area contributed by atoms with Crippen molar-refractivity contribution in [3.8, 4) is 0 Å². The molecule has 0 aliphatic rings. The summed E-state index contributed by atoms with van der Waals surface area (Å²) in [6.45, 7) is 7.27. The van der Waals surface area contributed by atoms with E-state index in [1.807, 2.05) is 46.1 Å². The predicted molar refractivity (Wildman–Crippen MR) is 130 cm³/mol. The Bertz CT molecular complexity index is 1100. The predicted octanol–water partition coefficient (Wildman–Crippen LogP) is 5.28. The molecule has 0 aliphatic carbocycles. The third-order valence-electron chi connectivity index (χ3n) is 5.13. The second-order valence-corrected chi connectivity index (χ2v) is 9.43. The SMILES string of the molecule is CCOP(=O)(OCC)c1ccc2c(ccc(C=Cc3ccc(N(C)C)cc3)[n+]2CC)c1. The van der Waals surface area contributed by atoms with Gasteiger partial charge in [0.2, 0.25) is 11.2 Å². The van der Waals surface area contributed by atoms with Gasteiger partial charge in [-0.15, -0.1) is 0 Å². The molecule has 0 saturated carbocycles. The maximum atomic E-state index is 13.1. The standard InChI is InChI=1S/C25H32N2O3P/c1-6-27-23(15-11-20-9-13-22(14-10-20)26(4)5)16-12-21-19-24(17-18-25(21)27)31(28,29-7-2)30-8-3/h9-19H,6-8H2,1-5H3/q+1. The third-order valence-corrected chi connectivity index (χ3v) is 7.24. The zero-order chi connectivity index (χ0) is 22.4. The summed E-state index contributed by atoms with van der Waals surface area (Å²) in [5, 5.41) is 1.60. The Morgan fingerprint density at radius 2 is 1.58 bits per heavy atom. The van der Waals surface area contributed by atoms with Gasteiger partial charge in [0.25, 0.3) is 0 Å². The highest BCUT2D eigenvalue weighted by atomic mass is 31.2. The number of hydrogen-bond donors (Lipinski definition) is 0. The van der Waals surface area contributed by atoms with Crippen LogP contribution in [0.15, 0.2) is 54.6 Å². The molecular formula is C25H32N2O3P+. The molecule has 0 radical (unpaired) electrons. The highest BCUT2D eigenvalue weighted by Gasteiger charge is 2.27. The average molecular weight is 440 g/mol. The van der Waals surface area contributed by atoms with Crippen LogP contribution in [-0.2, 0) is 20.2 Å². The topological polar surface area (TPSA) is 42.7 Å². The summed E-state index contributed by atoms with van der Waals surface area (Å²) < 4.78 is 26.4. The van der Waals surface area contributed by atoms with Crippen LogP contribution in [0, 0.1) is 0 Å². The van der Waals surface area contributed by atoms with Gasteiger partial charge in [0.15, 0.2) is 0 Å². The van der Waals surface area contributed by atoms with E-state index in [1.165, 1.54) is 5.69 Å². The summed E-state index contributed by atoms with van der Waals surface area (Å²) in [6.07, 6.45) is 4.26. The van der Waals surface area contributed by atoms with E-state index in [0.29, 0.717) is 18.5 Å². The molecule has 0 unspecified atom stereocenters. The van der Waals surface area contributed by atoms with Gasteiger partial charge in [0, 0.05) is 43.4 Å². The molecule has 3 aromatic rings. The number of anilines is 1. The molecule has 6 heteroatoms. The Labute approximate surface area is 185 Å². The van der Waals surface area contributed by atoms with Crippen molar-refractivity contribution < 1.29 is 18.2 Å². The Balaban J connectivity index is 1.96. The Hall–Kier alpha value is -2.46. The number of aryl methyl sites for hydroxylation is 1. The fourth-order valence-corrected chi connectivity index (χ4v) is 5.19. The average Bonchev–Trinajstić information content (AvgIpc) is 2.77. The molecule has 164 valence electrons. The van der Waals surface area contributed by atoms with Crippen LogP contribution in [0.25, 0.3) is 23.1 Å². The molecule has 0 spiro atoms. The summed E-state index contributed by atoms with van der Waals surface area (Å²) >= 11 is 0. The van der Waals surface area contributed by atoms with Gasteiger partial charge in [-0.1, -0.05) is 12.1 Å². The lowest BCUT2D eigenvalue weighted by molar-refractivity contribution is -0.669. The van der Waals surface area contributed by atoms with E-state index in [1.54, 1.807) is 0 Å². The maximum Gasteiger partial charge on any atom is 0.361 e. The fourth-order valence-electron chi connectivity index (χ4n) is 3.59. The van der Waals surface area contributed by atoms with Gasteiger partial charge in [-0.2, -0.15) is 4.57 Å². The first-order chi connectivity index (χ1) is 14.9. The van der Waals surface area contributed by atoms with Gasteiger partial charge < -0.3 is 13.9 Å². The van der Waals surface area contributed by atoms with Crippen LogP contribution < -0.4 is 14.8 Å². The Morgan fingerprint density at radius 1 is 0.903 bits per heavy atom. The van der Waals surface area contributed by atoms with E-state index in [4.69, 9.17) is 9.05 Å². The molecule has 0 bridgehead atoms. The van der Waals surface area contributed by atoms with Crippen LogP contribution in [0.4, 0.5) is 5.69 Å². The van der Waals surface area contributed by atoms with Crippen molar-refractivity contribution in [1.29, 1.82) is 0 Å². The highest BCUT2D eigenvalue weighted by Crippen LogP contribution is 2.47. The van der Waals surface area contributed by atoms with Gasteiger partial charge in [-0.25, -0.2) is 0 Å². The van der Waals surface area contributed by atoms with Crippen molar-refractivity contribution in [2.45, 2.75) is 27.3 Å². The first-order valence-corrected chi connectivity index (χ1v) is 12.3. The highest BCUT2D eigenvalue weighted by molar-refractivity contribution is 7.62. The normalized spacial score (nSPS) is 12.0. The van der Waals surface area contributed by atoms with Crippen LogP contribution in [0.5, 0.6) is 0 Å². The molecule has 1 aromatic heterocycles. The molecule has 5 nitrogen and oxygen atoms in total. The summed E-state index contributed by atoms with van der Waals surface area (Å²) in [5.41, 5.74) is 4.52. The maximum absolute atomic E-state index is 13.1. The number of aromatic nitrogens is 1. The van der Waals surface area contributed by atoms with Gasteiger partial charge in [-0.3, -0.25) is 4.57 Å². The first-order valence-electron chi connectivity index (χ1n) is 10.7. The van der Waals surface area contributed by atoms with Crippen molar-refractivity contribution in [3.63, 3.8) is 0 Å². The van der Waals surface area contributed by atoms with Gasteiger partial charge >= 0.3 is 7.60 Å². The number of hydrogen-bond acceptors (Lipinski definition) is 4. The summed E-state index contributed by atoms with van der Waals surface area (Å²) in [7, 11) is 0.775. The summed E-state index contributed by atoms with van der Waals surface area (Å²) in [4.78, 5) is 2.09. The van der Waals surface area contributed by atoms with E-state index < -0.39 is 7.60 Å². The lowest BCUT2D eigenvalue weighted by atomic mass is 10.1. The minimum absolute atomic E-state index is 0.337. The molecule has 0 atom stereocenters. The smallest absolute Gasteiger partial charge is 0.361 e. The van der Waals surface area contributed by atoms with Crippen LogP contribution in [-0.4, -0.2) is 27.3 Å². The number of benzene rings is 2. The zero-order valence-electron chi connectivity index (χ0n) is 19.0. The molecule has 0 aliphatic heterocycles. The van der Waals surface area contributed by atoms with E-state index in [0.717, 1.165) is 28.7 Å². The Morgan fingerprint density at radius 3 is 2.16 bits per heavy atom. The quantitative estimate of drug-likeness (QED) is 0.336. The molecule has 0 amide bonds. The number of pyridine rings is 1. The molecule has 0 saturated heterocycles. The van der Waals surface area contributed by atoms with E-state index in [9.17, 15) is 4.57 Å². The van der Waals surface area contributed by atoms with Crippen molar-refractivity contribution in [2.24, 2.45) is 0 Å². The number of fused-ring (bicyclic) bond motifs is 1. The van der Waals surface area contributed by atoms with Gasteiger partial charge in [0.05, 0.1) is 18.5 Å². The van der Waals surface area contributed by atoms with Crippen LogP contribution in [0.2, 0.25) is 0 Å². The lowest BCUT2D eigenvalue weighted by Crippen LogP contribution is -2.36. The molecular weight excluding hydrogens is 407 g/mol. The zero-order valence-corrected chi connectivity index (χ0v) is 19.9. The molecule has 31 heavy (non-hydrogen) atoms. The van der Waals surface area contributed by atoms with Gasteiger partial charge in [-0.05, 0) is 62.7 Å². The van der Waals surface area contributed by atoms with Crippen molar-refractivity contribution in [1.82, 2.24) is 0 Å². The minimum Gasteiger partial charge on any atom is -0.378 e. The van der Waals surface area contributed by atoms with Gasteiger partial charge in [0.1, 0.15) is 6.54 Å². The van der Waals surface area contributed by atoms with Crippen LogP contribution in [0.1, 0.15) is 32.0 Å². The third kappa shape index (κ3) is 5.24. The summed E-state index contributed by atoms with van der Waals surface area (Å²) in [6, 6.07) is 18.4. The van der Waals surface area contributed by atoms with E-state index in [-0.39, 0.29) is 0 Å². The van der Waals surface area contributed by atoms with Crippen molar-refractivity contribution in [2.75, 3.05) is 32.2 Å². The minimum atomic E-state index is -3.30.